The van der Waals surface area contributed by atoms with Crippen molar-refractivity contribution in [3.05, 3.63) is 62.7 Å². The Morgan fingerprint density at radius 2 is 1.91 bits per heavy atom. The minimum atomic E-state index is -1.94. The number of aromatic nitrogens is 1. The molecule has 3 rings (SSSR count). The van der Waals surface area contributed by atoms with E-state index in [1.165, 1.54) is 11.3 Å². The Bertz CT molecular complexity index is 1060. The summed E-state index contributed by atoms with van der Waals surface area (Å²) < 4.78 is 46.2. The van der Waals surface area contributed by atoms with Gasteiger partial charge in [0.15, 0.2) is 30.8 Å². The lowest BCUT2D eigenvalue weighted by Gasteiger charge is -2.36. The SMILES string of the molecule is Cc1sc(C(=O)NC2=CN(Cc3cc(F)c(F)c(F)c3)CN2)nc1CO[Si](C)(C)C(C)(C)C. The van der Waals surface area contributed by atoms with E-state index < -0.39 is 25.8 Å². The molecular weight excluding hydrogens is 469 g/mol. The molecule has 1 aromatic heterocycles. The first-order valence-electron chi connectivity index (χ1n) is 10.5. The molecule has 1 aliphatic rings. The first-order chi connectivity index (χ1) is 15.3. The predicted molar refractivity (Wildman–Crippen MR) is 124 cm³/mol. The molecule has 33 heavy (non-hydrogen) atoms. The molecule has 0 spiro atoms. The number of hydrogen-bond acceptors (Lipinski definition) is 6. The molecule has 0 saturated heterocycles. The Morgan fingerprint density at radius 3 is 2.52 bits per heavy atom. The van der Waals surface area contributed by atoms with Crippen molar-refractivity contribution >= 4 is 25.6 Å². The third kappa shape index (κ3) is 5.95. The predicted octanol–water partition coefficient (Wildman–Crippen LogP) is 4.98. The summed E-state index contributed by atoms with van der Waals surface area (Å²) in [4.78, 5) is 19.8. The van der Waals surface area contributed by atoms with E-state index in [0.717, 1.165) is 22.7 Å². The molecule has 0 atom stereocenters. The quantitative estimate of drug-likeness (QED) is 0.416. The summed E-state index contributed by atoms with van der Waals surface area (Å²) in [6.07, 6.45) is 1.62. The molecule has 1 aliphatic heterocycles. The fraction of sp³-hybridized carbons (Fsp3) is 0.455. The van der Waals surface area contributed by atoms with Gasteiger partial charge in [-0.2, -0.15) is 0 Å². The zero-order valence-electron chi connectivity index (χ0n) is 19.6. The fourth-order valence-electron chi connectivity index (χ4n) is 2.87. The largest absolute Gasteiger partial charge is 0.411 e. The summed E-state index contributed by atoms with van der Waals surface area (Å²) in [5.41, 5.74) is 1.03. The lowest BCUT2D eigenvalue weighted by Crippen LogP contribution is -2.40. The van der Waals surface area contributed by atoms with Crippen LogP contribution in [0.15, 0.2) is 24.2 Å². The van der Waals surface area contributed by atoms with Crippen molar-refractivity contribution in [1.29, 1.82) is 0 Å². The molecule has 0 radical (unpaired) electrons. The zero-order chi connectivity index (χ0) is 24.6. The van der Waals surface area contributed by atoms with Gasteiger partial charge >= 0.3 is 0 Å². The molecule has 2 N–H and O–H groups in total. The highest BCUT2D eigenvalue weighted by atomic mass is 32.1. The van der Waals surface area contributed by atoms with E-state index in [0.29, 0.717) is 24.1 Å². The van der Waals surface area contributed by atoms with Crippen LogP contribution in [-0.2, 0) is 17.6 Å². The van der Waals surface area contributed by atoms with Crippen LogP contribution in [0, 0.1) is 24.4 Å². The Labute approximate surface area is 197 Å². The molecular formula is C22H29F3N4O2SSi. The molecule has 180 valence electrons. The number of nitrogens with zero attached hydrogens (tertiary/aromatic N) is 2. The first kappa shape index (κ1) is 25.3. The van der Waals surface area contributed by atoms with Crippen LogP contribution in [0.4, 0.5) is 13.2 Å². The first-order valence-corrected chi connectivity index (χ1v) is 14.2. The van der Waals surface area contributed by atoms with Crippen molar-refractivity contribution in [2.45, 2.75) is 59.0 Å². The van der Waals surface area contributed by atoms with Crippen LogP contribution in [0.1, 0.15) is 46.7 Å². The Morgan fingerprint density at radius 1 is 1.27 bits per heavy atom. The van der Waals surface area contributed by atoms with Gasteiger partial charge in [0, 0.05) is 17.6 Å². The Hall–Kier alpha value is -2.37. The molecule has 6 nitrogen and oxygen atoms in total. The third-order valence-corrected chi connectivity index (χ3v) is 11.4. The van der Waals surface area contributed by atoms with E-state index in [9.17, 15) is 18.0 Å². The standard InChI is InChI=1S/C22H29F3N4O2SSi/c1-13-17(11-31-33(5,6)22(2,3)4)27-21(32-13)20(30)28-18-10-29(12-26-18)9-14-7-15(23)19(25)16(24)8-14/h7-8,10,26H,9,11-12H2,1-6H3,(H,28,30). The number of aryl methyl sites for hydroxylation is 1. The number of thiazole rings is 1. The highest BCUT2D eigenvalue weighted by molar-refractivity contribution is 7.13. The highest BCUT2D eigenvalue weighted by Gasteiger charge is 2.37. The van der Waals surface area contributed by atoms with Crippen LogP contribution < -0.4 is 10.6 Å². The lowest BCUT2D eigenvalue weighted by molar-refractivity contribution is 0.0963. The molecule has 1 aromatic carbocycles. The summed E-state index contributed by atoms with van der Waals surface area (Å²) in [6, 6.07) is 1.91. The van der Waals surface area contributed by atoms with Crippen molar-refractivity contribution in [1.82, 2.24) is 20.5 Å². The van der Waals surface area contributed by atoms with Gasteiger partial charge < -0.3 is 20.0 Å². The molecule has 11 heteroatoms. The van der Waals surface area contributed by atoms with Crippen LogP contribution in [0.25, 0.3) is 0 Å². The lowest BCUT2D eigenvalue weighted by atomic mass is 10.2. The maximum atomic E-state index is 13.4. The normalized spacial score (nSPS) is 14.3. The number of amides is 1. The average Bonchev–Trinajstić information content (AvgIpc) is 3.29. The maximum Gasteiger partial charge on any atom is 0.285 e. The van der Waals surface area contributed by atoms with Gasteiger partial charge in [0.05, 0.1) is 19.0 Å². The van der Waals surface area contributed by atoms with E-state index in [2.05, 4.69) is 49.5 Å². The molecule has 0 unspecified atom stereocenters. The Balaban J connectivity index is 1.61. The van der Waals surface area contributed by atoms with Crippen molar-refractivity contribution in [2.75, 3.05) is 6.67 Å². The van der Waals surface area contributed by atoms with E-state index >= 15 is 0 Å². The minimum absolute atomic E-state index is 0.0784. The number of nitrogens with one attached hydrogen (secondary N) is 2. The van der Waals surface area contributed by atoms with E-state index in [4.69, 9.17) is 4.43 Å². The monoisotopic (exact) mass is 498 g/mol. The summed E-state index contributed by atoms with van der Waals surface area (Å²) >= 11 is 1.30. The van der Waals surface area contributed by atoms with Crippen LogP contribution >= 0.6 is 11.3 Å². The van der Waals surface area contributed by atoms with Crippen molar-refractivity contribution in [3.63, 3.8) is 0 Å². The van der Waals surface area contributed by atoms with Gasteiger partial charge in [-0.1, -0.05) is 20.8 Å². The average molecular weight is 499 g/mol. The smallest absolute Gasteiger partial charge is 0.285 e. The van der Waals surface area contributed by atoms with Gasteiger partial charge in [-0.25, -0.2) is 18.2 Å². The topological polar surface area (TPSA) is 66.5 Å². The summed E-state index contributed by atoms with van der Waals surface area (Å²) in [6.45, 7) is 13.6. The van der Waals surface area contributed by atoms with Gasteiger partial charge in [0.1, 0.15) is 5.82 Å². The van der Waals surface area contributed by atoms with Crippen LogP contribution in [-0.4, -0.2) is 30.8 Å². The number of hydrogen-bond donors (Lipinski definition) is 2. The fourth-order valence-corrected chi connectivity index (χ4v) is 4.62. The van der Waals surface area contributed by atoms with Crippen molar-refractivity contribution in [3.8, 4) is 0 Å². The van der Waals surface area contributed by atoms with Crippen molar-refractivity contribution < 1.29 is 22.4 Å². The van der Waals surface area contributed by atoms with E-state index in [-0.39, 0.29) is 23.1 Å². The molecule has 1 amide bonds. The molecule has 2 heterocycles. The zero-order valence-corrected chi connectivity index (χ0v) is 21.4. The second kappa shape index (κ2) is 9.47. The van der Waals surface area contributed by atoms with Gasteiger partial charge in [-0.3, -0.25) is 4.79 Å². The van der Waals surface area contributed by atoms with Gasteiger partial charge in [-0.15, -0.1) is 11.3 Å². The van der Waals surface area contributed by atoms with Crippen LogP contribution in [0.2, 0.25) is 18.1 Å². The van der Waals surface area contributed by atoms with Gasteiger partial charge in [0.2, 0.25) is 0 Å². The minimum Gasteiger partial charge on any atom is -0.411 e. The number of halogens is 3. The van der Waals surface area contributed by atoms with Crippen LogP contribution in [0.5, 0.6) is 0 Å². The van der Waals surface area contributed by atoms with E-state index in [1.807, 2.05) is 6.92 Å². The molecule has 0 bridgehead atoms. The summed E-state index contributed by atoms with van der Waals surface area (Å²) in [7, 11) is -1.94. The highest BCUT2D eigenvalue weighted by Crippen LogP contribution is 2.37. The number of rotatable bonds is 7. The second-order valence-electron chi connectivity index (χ2n) is 9.52. The molecule has 0 aliphatic carbocycles. The van der Waals surface area contributed by atoms with Gasteiger partial charge in [-0.05, 0) is 42.8 Å². The summed E-state index contributed by atoms with van der Waals surface area (Å²) in [5.74, 6) is -3.88. The van der Waals surface area contributed by atoms with Crippen LogP contribution in [0.3, 0.4) is 0 Å². The number of benzene rings is 1. The summed E-state index contributed by atoms with van der Waals surface area (Å²) in [5, 5.41) is 6.16. The molecule has 0 fully saturated rings. The molecule has 0 saturated carbocycles. The third-order valence-electron chi connectivity index (χ3n) is 5.92. The second-order valence-corrected chi connectivity index (χ2v) is 15.5. The number of carbonyl (C=O) groups is 1. The number of carbonyl (C=O) groups excluding carboxylic acids is 1. The van der Waals surface area contributed by atoms with Gasteiger partial charge in [0.25, 0.3) is 5.91 Å². The molecule has 2 aromatic rings. The maximum absolute atomic E-state index is 13.4. The van der Waals surface area contributed by atoms with Crippen molar-refractivity contribution in [2.24, 2.45) is 0 Å². The van der Waals surface area contributed by atoms with E-state index in [1.54, 1.807) is 11.1 Å². The Kier molecular flexibility index (Phi) is 7.25.